The summed E-state index contributed by atoms with van der Waals surface area (Å²) < 4.78 is 0. The second kappa shape index (κ2) is 5.33. The molecule has 3 nitrogen and oxygen atoms in total. The molecule has 4 unspecified atom stereocenters. The molecule has 4 atom stereocenters. The molecule has 1 amide bonds. The van der Waals surface area contributed by atoms with Crippen molar-refractivity contribution in [2.24, 2.45) is 17.6 Å². The van der Waals surface area contributed by atoms with E-state index < -0.39 is 0 Å². The van der Waals surface area contributed by atoms with Gasteiger partial charge in [0, 0.05) is 24.0 Å². The molecule has 1 aliphatic carbocycles. The van der Waals surface area contributed by atoms with Crippen molar-refractivity contribution in [2.45, 2.75) is 41.9 Å². The van der Waals surface area contributed by atoms with Crippen molar-refractivity contribution in [1.29, 1.82) is 0 Å². The minimum Gasteiger partial charge on any atom is -0.341 e. The van der Waals surface area contributed by atoms with Gasteiger partial charge in [0.2, 0.25) is 5.91 Å². The van der Waals surface area contributed by atoms with Gasteiger partial charge in [0.25, 0.3) is 0 Å². The van der Waals surface area contributed by atoms with Crippen LogP contribution in [-0.2, 0) is 11.2 Å². The Bertz CT molecular complexity index is 536. The van der Waals surface area contributed by atoms with Crippen LogP contribution in [0, 0.1) is 11.8 Å². The van der Waals surface area contributed by atoms with Gasteiger partial charge in [0.1, 0.15) is 0 Å². The lowest BCUT2D eigenvalue weighted by Gasteiger charge is -2.29. The number of likely N-dealkylation sites (tertiary alicyclic amines) is 1. The van der Waals surface area contributed by atoms with Gasteiger partial charge < -0.3 is 10.6 Å². The Morgan fingerprint density at radius 3 is 2.90 bits per heavy atom. The summed E-state index contributed by atoms with van der Waals surface area (Å²) in [6.07, 6.45) is 4.50. The van der Waals surface area contributed by atoms with Crippen LogP contribution in [0.15, 0.2) is 29.2 Å². The Kier molecular flexibility index (Phi) is 3.46. The molecule has 2 fully saturated rings. The zero-order valence-electron chi connectivity index (χ0n) is 12.2. The molecular formula is C17H22N2OS. The van der Waals surface area contributed by atoms with Crippen LogP contribution in [0.4, 0.5) is 0 Å². The number of amides is 1. The van der Waals surface area contributed by atoms with Crippen molar-refractivity contribution >= 4 is 17.7 Å². The third-order valence-electron chi connectivity index (χ3n) is 5.39. The summed E-state index contributed by atoms with van der Waals surface area (Å²) in [5.41, 5.74) is 7.59. The molecule has 0 aromatic heterocycles. The normalized spacial score (nSPS) is 34.6. The molecule has 2 aliphatic heterocycles. The standard InChI is InChI=1S/C17H22N2OS/c18-14-6-3-5-12-9-19(10-13(12)14)17(20)16-8-11-4-1-2-7-15(11)21-16/h1-2,4,7,12-14,16H,3,5-6,8-10,18H2. The average Bonchev–Trinajstić information content (AvgIpc) is 3.11. The van der Waals surface area contributed by atoms with E-state index in [2.05, 4.69) is 29.2 Å². The van der Waals surface area contributed by atoms with Gasteiger partial charge in [0.05, 0.1) is 5.25 Å². The van der Waals surface area contributed by atoms with Gasteiger partial charge in [-0.1, -0.05) is 24.6 Å². The number of nitrogens with two attached hydrogens (primary N) is 1. The number of benzene rings is 1. The highest BCUT2D eigenvalue weighted by molar-refractivity contribution is 8.01. The maximum absolute atomic E-state index is 12.8. The highest BCUT2D eigenvalue weighted by Gasteiger charge is 2.42. The lowest BCUT2D eigenvalue weighted by molar-refractivity contribution is -0.129. The van der Waals surface area contributed by atoms with Crippen LogP contribution < -0.4 is 5.73 Å². The first-order valence-electron chi connectivity index (χ1n) is 8.01. The second-order valence-electron chi connectivity index (χ2n) is 6.68. The molecule has 4 rings (SSSR count). The van der Waals surface area contributed by atoms with Gasteiger partial charge >= 0.3 is 0 Å². The zero-order chi connectivity index (χ0) is 14.4. The Labute approximate surface area is 130 Å². The number of rotatable bonds is 1. The van der Waals surface area contributed by atoms with Crippen LogP contribution >= 0.6 is 11.8 Å². The van der Waals surface area contributed by atoms with E-state index in [4.69, 9.17) is 5.73 Å². The molecule has 1 aromatic rings. The van der Waals surface area contributed by atoms with E-state index in [1.165, 1.54) is 23.3 Å². The number of carbonyl (C=O) groups is 1. The minimum atomic E-state index is 0.0822. The quantitative estimate of drug-likeness (QED) is 0.866. The lowest BCUT2D eigenvalue weighted by atomic mass is 9.78. The van der Waals surface area contributed by atoms with Crippen molar-refractivity contribution in [3.05, 3.63) is 29.8 Å². The van der Waals surface area contributed by atoms with Gasteiger partial charge in [0.15, 0.2) is 0 Å². The number of hydrogen-bond donors (Lipinski definition) is 1. The first-order valence-corrected chi connectivity index (χ1v) is 8.89. The van der Waals surface area contributed by atoms with E-state index in [-0.39, 0.29) is 5.25 Å². The van der Waals surface area contributed by atoms with Gasteiger partial charge in [-0.3, -0.25) is 4.79 Å². The molecule has 3 aliphatic rings. The average molecular weight is 302 g/mol. The maximum Gasteiger partial charge on any atom is 0.236 e. The van der Waals surface area contributed by atoms with Crippen molar-refractivity contribution in [3.8, 4) is 0 Å². The fourth-order valence-corrected chi connectivity index (χ4v) is 5.50. The third kappa shape index (κ3) is 2.38. The monoisotopic (exact) mass is 302 g/mol. The predicted octanol–water partition coefficient (Wildman–Crippen LogP) is 2.29. The number of carbonyl (C=O) groups excluding carboxylic acids is 1. The molecule has 112 valence electrons. The highest BCUT2D eigenvalue weighted by Crippen LogP contribution is 2.40. The highest BCUT2D eigenvalue weighted by atomic mass is 32.2. The summed E-state index contributed by atoms with van der Waals surface area (Å²) in [5, 5.41) is 0.0822. The first kappa shape index (κ1) is 13.6. The molecule has 1 saturated heterocycles. The molecule has 2 N–H and O–H groups in total. The van der Waals surface area contributed by atoms with Crippen LogP contribution in [0.1, 0.15) is 24.8 Å². The fourth-order valence-electron chi connectivity index (χ4n) is 4.22. The molecule has 1 aromatic carbocycles. The molecule has 1 saturated carbocycles. The maximum atomic E-state index is 12.8. The summed E-state index contributed by atoms with van der Waals surface area (Å²) in [5.74, 6) is 1.51. The molecular weight excluding hydrogens is 280 g/mol. The third-order valence-corrected chi connectivity index (χ3v) is 6.69. The summed E-state index contributed by atoms with van der Waals surface area (Å²) in [4.78, 5) is 16.2. The molecule has 0 radical (unpaired) electrons. The SMILES string of the molecule is NC1CCCC2CN(C(=O)C3Cc4ccccc4S3)CC12. The van der Waals surface area contributed by atoms with Gasteiger partial charge in [-0.2, -0.15) is 0 Å². The zero-order valence-corrected chi connectivity index (χ0v) is 13.0. The Morgan fingerprint density at radius 1 is 1.24 bits per heavy atom. The summed E-state index contributed by atoms with van der Waals surface area (Å²) in [7, 11) is 0. The van der Waals surface area contributed by atoms with E-state index in [9.17, 15) is 4.79 Å². The van der Waals surface area contributed by atoms with Crippen molar-refractivity contribution in [2.75, 3.05) is 13.1 Å². The van der Waals surface area contributed by atoms with Crippen LogP contribution in [-0.4, -0.2) is 35.2 Å². The predicted molar refractivity (Wildman–Crippen MR) is 85.2 cm³/mol. The Morgan fingerprint density at radius 2 is 2.10 bits per heavy atom. The Hall–Kier alpha value is -1.00. The molecule has 4 heteroatoms. The Balaban J connectivity index is 1.45. The minimum absolute atomic E-state index is 0.0822. The fraction of sp³-hybridized carbons (Fsp3) is 0.588. The number of nitrogens with zero attached hydrogens (tertiary/aromatic N) is 1. The number of thioether (sulfide) groups is 1. The lowest BCUT2D eigenvalue weighted by Crippen LogP contribution is -2.39. The summed E-state index contributed by atoms with van der Waals surface area (Å²) >= 11 is 1.74. The summed E-state index contributed by atoms with van der Waals surface area (Å²) in [6.45, 7) is 1.82. The summed E-state index contributed by atoms with van der Waals surface area (Å²) in [6, 6.07) is 8.70. The van der Waals surface area contributed by atoms with Gasteiger partial charge in [-0.15, -0.1) is 11.8 Å². The molecule has 0 bridgehead atoms. The van der Waals surface area contributed by atoms with Crippen molar-refractivity contribution < 1.29 is 4.79 Å². The van der Waals surface area contributed by atoms with Crippen LogP contribution in [0.5, 0.6) is 0 Å². The van der Waals surface area contributed by atoms with Crippen molar-refractivity contribution in [1.82, 2.24) is 4.90 Å². The van der Waals surface area contributed by atoms with Crippen molar-refractivity contribution in [3.63, 3.8) is 0 Å². The second-order valence-corrected chi connectivity index (χ2v) is 7.92. The molecule has 0 spiro atoms. The largest absolute Gasteiger partial charge is 0.341 e. The smallest absolute Gasteiger partial charge is 0.236 e. The van der Waals surface area contributed by atoms with Crippen LogP contribution in [0.3, 0.4) is 0 Å². The van der Waals surface area contributed by atoms with E-state index in [1.807, 2.05) is 0 Å². The van der Waals surface area contributed by atoms with E-state index >= 15 is 0 Å². The first-order chi connectivity index (χ1) is 10.2. The van der Waals surface area contributed by atoms with E-state index in [0.717, 1.165) is 25.9 Å². The molecule has 2 heterocycles. The van der Waals surface area contributed by atoms with Crippen LogP contribution in [0.25, 0.3) is 0 Å². The van der Waals surface area contributed by atoms with E-state index in [1.54, 1.807) is 11.8 Å². The number of hydrogen-bond acceptors (Lipinski definition) is 3. The molecule has 21 heavy (non-hydrogen) atoms. The van der Waals surface area contributed by atoms with Gasteiger partial charge in [-0.05, 0) is 42.7 Å². The topological polar surface area (TPSA) is 46.3 Å². The number of fused-ring (bicyclic) bond motifs is 2. The van der Waals surface area contributed by atoms with E-state index in [0.29, 0.717) is 23.8 Å². The van der Waals surface area contributed by atoms with Crippen LogP contribution in [0.2, 0.25) is 0 Å². The van der Waals surface area contributed by atoms with Gasteiger partial charge in [-0.25, -0.2) is 0 Å².